The minimum atomic E-state index is -1.06. The molecule has 1 aromatic carbocycles. The average Bonchev–Trinajstić information content (AvgIpc) is 2.77. The molecule has 0 unspecified atom stereocenters. The van der Waals surface area contributed by atoms with E-state index in [1.807, 2.05) is 31.2 Å². The Labute approximate surface area is 115 Å². The van der Waals surface area contributed by atoms with E-state index in [0.717, 1.165) is 11.1 Å². The highest BCUT2D eigenvalue weighted by atomic mass is 16.4. The van der Waals surface area contributed by atoms with Gasteiger partial charge in [-0.25, -0.2) is 9.78 Å². The molecule has 5 heteroatoms. The van der Waals surface area contributed by atoms with E-state index in [4.69, 9.17) is 5.73 Å². The number of anilines is 1. The third kappa shape index (κ3) is 1.89. The van der Waals surface area contributed by atoms with Crippen LogP contribution in [-0.2, 0) is 0 Å². The second-order valence-corrected chi connectivity index (χ2v) is 4.67. The quantitative estimate of drug-likeness (QED) is 0.747. The van der Waals surface area contributed by atoms with Gasteiger partial charge < -0.3 is 10.8 Å². The number of nitrogens with zero attached hydrogens (tertiary/aromatic N) is 2. The van der Waals surface area contributed by atoms with Gasteiger partial charge in [0.1, 0.15) is 5.82 Å². The molecular weight excluding hydrogens is 254 g/mol. The number of hydrogen-bond donors (Lipinski definition) is 2. The number of pyridine rings is 1. The molecule has 0 aliphatic heterocycles. The van der Waals surface area contributed by atoms with Crippen LogP contribution in [0.25, 0.3) is 16.9 Å². The maximum absolute atomic E-state index is 11.3. The molecule has 0 atom stereocenters. The minimum Gasteiger partial charge on any atom is -0.476 e. The van der Waals surface area contributed by atoms with Gasteiger partial charge in [-0.2, -0.15) is 0 Å². The van der Waals surface area contributed by atoms with Crippen molar-refractivity contribution in [3.8, 4) is 11.4 Å². The molecule has 0 amide bonds. The first kappa shape index (κ1) is 12.2. The van der Waals surface area contributed by atoms with Crippen molar-refractivity contribution in [1.29, 1.82) is 0 Å². The first-order chi connectivity index (χ1) is 9.56. The number of imidazole rings is 1. The van der Waals surface area contributed by atoms with Crippen LogP contribution in [0.15, 0.2) is 42.6 Å². The molecule has 0 spiro atoms. The van der Waals surface area contributed by atoms with Crippen molar-refractivity contribution in [1.82, 2.24) is 9.38 Å². The summed E-state index contributed by atoms with van der Waals surface area (Å²) in [6.45, 7) is 1.98. The fraction of sp³-hybridized carbons (Fsp3) is 0.0667. The highest BCUT2D eigenvalue weighted by molar-refractivity contribution is 5.95. The molecule has 0 saturated heterocycles. The lowest BCUT2D eigenvalue weighted by Gasteiger charge is -2.03. The maximum atomic E-state index is 11.3. The van der Waals surface area contributed by atoms with Crippen LogP contribution >= 0.6 is 0 Å². The summed E-state index contributed by atoms with van der Waals surface area (Å²) in [7, 11) is 0. The van der Waals surface area contributed by atoms with Crippen LogP contribution in [0.5, 0.6) is 0 Å². The van der Waals surface area contributed by atoms with Gasteiger partial charge in [-0.15, -0.1) is 0 Å². The van der Waals surface area contributed by atoms with E-state index < -0.39 is 5.97 Å². The Bertz CT molecular complexity index is 821. The van der Waals surface area contributed by atoms with Crippen LogP contribution in [-0.4, -0.2) is 20.5 Å². The molecule has 2 aromatic heterocycles. The molecule has 100 valence electrons. The maximum Gasteiger partial charge on any atom is 0.356 e. The smallest absolute Gasteiger partial charge is 0.356 e. The zero-order chi connectivity index (χ0) is 14.3. The predicted octanol–water partition coefficient (Wildman–Crippen LogP) is 2.59. The summed E-state index contributed by atoms with van der Waals surface area (Å²) in [5.74, 6) is -0.465. The van der Waals surface area contributed by atoms with Crippen molar-refractivity contribution in [2.45, 2.75) is 6.92 Å². The van der Waals surface area contributed by atoms with Crippen LogP contribution in [0.4, 0.5) is 5.69 Å². The number of carboxylic acid groups (broad SMARTS) is 1. The number of aryl methyl sites for hydroxylation is 1. The Morgan fingerprint density at radius 1 is 1.30 bits per heavy atom. The van der Waals surface area contributed by atoms with Crippen molar-refractivity contribution in [2.24, 2.45) is 0 Å². The van der Waals surface area contributed by atoms with Crippen molar-refractivity contribution >= 4 is 17.2 Å². The molecule has 0 bridgehead atoms. The van der Waals surface area contributed by atoms with Gasteiger partial charge in [0, 0.05) is 17.4 Å². The normalized spacial score (nSPS) is 10.8. The van der Waals surface area contributed by atoms with Crippen molar-refractivity contribution in [3.05, 3.63) is 53.9 Å². The van der Waals surface area contributed by atoms with Gasteiger partial charge in [0.25, 0.3) is 0 Å². The molecule has 20 heavy (non-hydrogen) atoms. The van der Waals surface area contributed by atoms with E-state index in [-0.39, 0.29) is 5.69 Å². The predicted molar refractivity (Wildman–Crippen MR) is 76.7 cm³/mol. The standard InChI is InChI=1S/C15H13N3O2/c1-9-3-2-4-10(7-9)14-17-13(15(19)20)12-8-11(16)5-6-18(12)14/h2-8H,16H2,1H3,(H,19,20). The summed E-state index contributed by atoms with van der Waals surface area (Å²) in [6.07, 6.45) is 1.74. The first-order valence-electron chi connectivity index (χ1n) is 6.14. The molecule has 3 rings (SSSR count). The fourth-order valence-corrected chi connectivity index (χ4v) is 2.25. The Morgan fingerprint density at radius 2 is 2.10 bits per heavy atom. The highest BCUT2D eigenvalue weighted by Crippen LogP contribution is 2.24. The van der Waals surface area contributed by atoms with Gasteiger partial charge in [0.15, 0.2) is 5.69 Å². The average molecular weight is 267 g/mol. The number of rotatable bonds is 2. The number of aromatic nitrogens is 2. The third-order valence-corrected chi connectivity index (χ3v) is 3.15. The van der Waals surface area contributed by atoms with Crippen molar-refractivity contribution in [3.63, 3.8) is 0 Å². The van der Waals surface area contributed by atoms with E-state index in [1.54, 1.807) is 22.7 Å². The molecular formula is C15H13N3O2. The van der Waals surface area contributed by atoms with Crippen LogP contribution in [0.1, 0.15) is 16.1 Å². The van der Waals surface area contributed by atoms with E-state index in [1.165, 1.54) is 0 Å². The van der Waals surface area contributed by atoms with Crippen molar-refractivity contribution in [2.75, 3.05) is 5.73 Å². The molecule has 0 aliphatic rings. The minimum absolute atomic E-state index is 0.00815. The topological polar surface area (TPSA) is 80.6 Å². The van der Waals surface area contributed by atoms with Gasteiger partial charge >= 0.3 is 5.97 Å². The lowest BCUT2D eigenvalue weighted by atomic mass is 10.1. The molecule has 0 fully saturated rings. The molecule has 3 N–H and O–H groups in total. The number of benzene rings is 1. The van der Waals surface area contributed by atoms with Gasteiger partial charge in [0.05, 0.1) is 5.52 Å². The largest absolute Gasteiger partial charge is 0.476 e. The zero-order valence-electron chi connectivity index (χ0n) is 10.9. The lowest BCUT2D eigenvalue weighted by Crippen LogP contribution is -1.97. The summed E-state index contributed by atoms with van der Waals surface area (Å²) < 4.78 is 1.74. The number of nitrogen functional groups attached to an aromatic ring is 1. The number of fused-ring (bicyclic) bond motifs is 1. The van der Waals surface area contributed by atoms with E-state index in [9.17, 15) is 9.90 Å². The SMILES string of the molecule is Cc1cccc(-c2nc(C(=O)O)c3cc(N)ccn23)c1. The molecule has 0 aliphatic carbocycles. The van der Waals surface area contributed by atoms with Gasteiger partial charge in [-0.3, -0.25) is 4.40 Å². The van der Waals surface area contributed by atoms with Crippen LogP contribution in [0.2, 0.25) is 0 Å². The number of aromatic carboxylic acids is 1. The molecule has 2 heterocycles. The number of nitrogens with two attached hydrogens (primary N) is 1. The number of carbonyl (C=O) groups is 1. The van der Waals surface area contributed by atoms with E-state index in [0.29, 0.717) is 17.0 Å². The fourth-order valence-electron chi connectivity index (χ4n) is 2.25. The summed E-state index contributed by atoms with van der Waals surface area (Å²) in [6, 6.07) is 11.1. The second kappa shape index (κ2) is 4.38. The first-order valence-corrected chi connectivity index (χ1v) is 6.14. The Balaban J connectivity index is 2.34. The van der Waals surface area contributed by atoms with Crippen LogP contribution in [0, 0.1) is 6.92 Å². The highest BCUT2D eigenvalue weighted by Gasteiger charge is 2.17. The van der Waals surface area contributed by atoms with E-state index >= 15 is 0 Å². The summed E-state index contributed by atoms with van der Waals surface area (Å²) in [5, 5.41) is 9.27. The van der Waals surface area contributed by atoms with Crippen LogP contribution < -0.4 is 5.73 Å². The number of hydrogen-bond acceptors (Lipinski definition) is 3. The molecule has 0 radical (unpaired) electrons. The molecule has 3 aromatic rings. The summed E-state index contributed by atoms with van der Waals surface area (Å²) in [5.41, 5.74) is 8.71. The third-order valence-electron chi connectivity index (χ3n) is 3.15. The monoisotopic (exact) mass is 267 g/mol. The summed E-state index contributed by atoms with van der Waals surface area (Å²) >= 11 is 0. The van der Waals surface area contributed by atoms with Gasteiger partial charge in [0.2, 0.25) is 0 Å². The summed E-state index contributed by atoms with van der Waals surface area (Å²) in [4.78, 5) is 15.6. The molecule has 5 nitrogen and oxygen atoms in total. The lowest BCUT2D eigenvalue weighted by molar-refractivity contribution is 0.0693. The van der Waals surface area contributed by atoms with E-state index in [2.05, 4.69) is 4.98 Å². The second-order valence-electron chi connectivity index (χ2n) is 4.67. The zero-order valence-corrected chi connectivity index (χ0v) is 10.9. The Morgan fingerprint density at radius 3 is 2.80 bits per heavy atom. The number of carboxylic acids is 1. The van der Waals surface area contributed by atoms with Crippen molar-refractivity contribution < 1.29 is 9.90 Å². The Kier molecular flexibility index (Phi) is 2.68. The van der Waals surface area contributed by atoms with Gasteiger partial charge in [-0.1, -0.05) is 23.8 Å². The van der Waals surface area contributed by atoms with Crippen LogP contribution in [0.3, 0.4) is 0 Å². The van der Waals surface area contributed by atoms with Gasteiger partial charge in [-0.05, 0) is 25.1 Å². The molecule has 0 saturated carbocycles. The Hall–Kier alpha value is -2.82.